The van der Waals surface area contributed by atoms with Crippen LogP contribution in [-0.2, 0) is 16.0 Å². The Bertz CT molecular complexity index is 1570. The van der Waals surface area contributed by atoms with Crippen LogP contribution in [0.2, 0.25) is 0 Å². The number of nitrogens with one attached hydrogen (secondary N) is 1. The number of hydrogen-bond donors (Lipinski definition) is 4. The summed E-state index contributed by atoms with van der Waals surface area (Å²) in [5.74, 6) is -1.30. The number of halogens is 1. The van der Waals surface area contributed by atoms with Crippen molar-refractivity contribution in [3.05, 3.63) is 53.5 Å². The molecule has 228 valence electrons. The Morgan fingerprint density at radius 3 is 2.53 bits per heavy atom. The first-order valence-electron chi connectivity index (χ1n) is 15.4. The number of carbonyl (C=O) groups is 3. The maximum atomic E-state index is 14.4. The normalized spacial score (nSPS) is 21.4. The fraction of sp³-hybridized carbons (Fsp3) is 0.485. The summed E-state index contributed by atoms with van der Waals surface area (Å²) in [5.41, 5.74) is 21.5. The highest BCUT2D eigenvalue weighted by atomic mass is 19.1. The van der Waals surface area contributed by atoms with Gasteiger partial charge in [0.05, 0.1) is 11.1 Å². The maximum absolute atomic E-state index is 14.4. The van der Waals surface area contributed by atoms with Gasteiger partial charge in [-0.2, -0.15) is 0 Å². The molecule has 7 N–H and O–H groups in total. The molecule has 2 aromatic carbocycles. The summed E-state index contributed by atoms with van der Waals surface area (Å²) in [6.07, 6.45) is 8.08. The van der Waals surface area contributed by atoms with Gasteiger partial charge in [0.15, 0.2) is 0 Å². The molecule has 2 heterocycles. The van der Waals surface area contributed by atoms with E-state index < -0.39 is 11.9 Å². The van der Waals surface area contributed by atoms with Gasteiger partial charge in [-0.3, -0.25) is 19.0 Å². The van der Waals surface area contributed by atoms with E-state index >= 15 is 0 Å². The minimum absolute atomic E-state index is 0.000519. The number of hydrogen-bond acceptors (Lipinski definition) is 7. The molecule has 43 heavy (non-hydrogen) atoms. The first-order chi connectivity index (χ1) is 20.7. The highest BCUT2D eigenvalue weighted by Crippen LogP contribution is 2.56. The number of carbonyl (C=O) groups excluding carboxylic acids is 3. The first kappa shape index (κ1) is 29.3. The summed E-state index contributed by atoms with van der Waals surface area (Å²) < 4.78 is 21.7. The molecule has 1 amide bonds. The molecule has 2 fully saturated rings. The standard InChI is InChI=1S/C33H40FN5O4/c34-20-5-11-24-27(16-20)39-28(17-33(12-13-33)18-29(39)40)30(24)19-4-10-23(31(37)41)26(15-19)38-21-6-8-22(9-7-21)43-32(42)25(36)3-1-2-14-35/h4-5,10-11,15-16,21-22,25,38H,1-3,6-9,12-14,17-18,35-36H2,(H2,37,41)/t21-,22-,25-/m0/s1. The Labute approximate surface area is 250 Å². The van der Waals surface area contributed by atoms with E-state index in [1.54, 1.807) is 16.7 Å². The molecule has 0 saturated heterocycles. The summed E-state index contributed by atoms with van der Waals surface area (Å²) in [7, 11) is 0. The van der Waals surface area contributed by atoms with Crippen molar-refractivity contribution in [1.29, 1.82) is 0 Å². The second-order valence-corrected chi connectivity index (χ2v) is 12.6. The third-order valence-corrected chi connectivity index (χ3v) is 9.47. The summed E-state index contributed by atoms with van der Waals surface area (Å²) in [6.45, 7) is 0.573. The second kappa shape index (κ2) is 11.7. The molecule has 10 heteroatoms. The van der Waals surface area contributed by atoms with E-state index in [0.29, 0.717) is 49.0 Å². The SMILES string of the molecule is NCCCC[C@H](N)C(=O)O[C@H]1CC[C@H](Nc2cc(-c3c4n(c5cc(F)ccc35)C(=O)CC3(CC3)C4)ccc2C(N)=O)CC1. The number of fused-ring (bicyclic) bond motifs is 3. The van der Waals surface area contributed by atoms with Crippen LogP contribution in [0.25, 0.3) is 22.0 Å². The summed E-state index contributed by atoms with van der Waals surface area (Å²) in [4.78, 5) is 38.2. The van der Waals surface area contributed by atoms with Gasteiger partial charge in [-0.15, -0.1) is 0 Å². The zero-order chi connectivity index (χ0) is 30.3. The molecule has 0 unspecified atom stereocenters. The number of rotatable bonds is 10. The van der Waals surface area contributed by atoms with Crippen LogP contribution in [0.1, 0.15) is 85.1 Å². The Morgan fingerprint density at radius 2 is 1.84 bits per heavy atom. The molecule has 1 aromatic heterocycles. The van der Waals surface area contributed by atoms with E-state index in [-0.39, 0.29) is 35.3 Å². The van der Waals surface area contributed by atoms with Crippen LogP contribution in [0.5, 0.6) is 0 Å². The van der Waals surface area contributed by atoms with Crippen LogP contribution in [-0.4, -0.2) is 47.1 Å². The molecule has 0 radical (unpaired) electrons. The lowest BCUT2D eigenvalue weighted by Gasteiger charge is -2.30. The van der Waals surface area contributed by atoms with E-state index in [1.807, 2.05) is 12.1 Å². The van der Waals surface area contributed by atoms with Crippen molar-refractivity contribution < 1.29 is 23.5 Å². The average molecular weight is 590 g/mol. The lowest BCUT2D eigenvalue weighted by molar-refractivity contribution is -0.152. The second-order valence-electron chi connectivity index (χ2n) is 12.6. The summed E-state index contributed by atoms with van der Waals surface area (Å²) >= 11 is 0. The molecule has 6 rings (SSSR count). The quantitative estimate of drug-likeness (QED) is 0.198. The molecule has 1 spiro atoms. The van der Waals surface area contributed by atoms with E-state index in [0.717, 1.165) is 67.2 Å². The minimum Gasteiger partial charge on any atom is -0.461 e. The van der Waals surface area contributed by atoms with Crippen LogP contribution in [0, 0.1) is 11.2 Å². The fourth-order valence-corrected chi connectivity index (χ4v) is 6.89. The number of ether oxygens (including phenoxy) is 1. The molecule has 2 saturated carbocycles. The molecule has 1 aliphatic heterocycles. The third-order valence-electron chi connectivity index (χ3n) is 9.47. The van der Waals surface area contributed by atoms with Crippen molar-refractivity contribution in [3.8, 4) is 11.1 Å². The molecular weight excluding hydrogens is 549 g/mol. The van der Waals surface area contributed by atoms with Gasteiger partial charge in [0.25, 0.3) is 5.91 Å². The predicted octanol–water partition coefficient (Wildman–Crippen LogP) is 4.64. The molecule has 9 nitrogen and oxygen atoms in total. The maximum Gasteiger partial charge on any atom is 0.323 e. The van der Waals surface area contributed by atoms with E-state index in [9.17, 15) is 18.8 Å². The van der Waals surface area contributed by atoms with Gasteiger partial charge >= 0.3 is 5.97 Å². The van der Waals surface area contributed by atoms with Crippen LogP contribution >= 0.6 is 0 Å². The molecule has 2 aliphatic carbocycles. The summed E-state index contributed by atoms with van der Waals surface area (Å²) in [5, 5.41) is 4.34. The van der Waals surface area contributed by atoms with Crippen molar-refractivity contribution in [3.63, 3.8) is 0 Å². The minimum atomic E-state index is -0.638. The van der Waals surface area contributed by atoms with Gasteiger partial charge in [0.2, 0.25) is 5.91 Å². The lowest BCUT2D eigenvalue weighted by Crippen LogP contribution is -2.37. The number of benzene rings is 2. The van der Waals surface area contributed by atoms with Crippen molar-refractivity contribution in [2.75, 3.05) is 11.9 Å². The topological polar surface area (TPSA) is 155 Å². The number of primary amides is 1. The van der Waals surface area contributed by atoms with Gasteiger partial charge in [0.1, 0.15) is 18.0 Å². The highest BCUT2D eigenvalue weighted by Gasteiger charge is 2.49. The van der Waals surface area contributed by atoms with Crippen molar-refractivity contribution in [2.45, 2.75) is 88.8 Å². The van der Waals surface area contributed by atoms with E-state index in [4.69, 9.17) is 21.9 Å². The highest BCUT2D eigenvalue weighted by molar-refractivity contribution is 6.06. The van der Waals surface area contributed by atoms with Crippen molar-refractivity contribution >= 4 is 34.4 Å². The molecule has 0 bridgehead atoms. The average Bonchev–Trinajstić information content (AvgIpc) is 3.63. The zero-order valence-electron chi connectivity index (χ0n) is 24.4. The van der Waals surface area contributed by atoms with E-state index in [2.05, 4.69) is 5.32 Å². The van der Waals surface area contributed by atoms with Crippen LogP contribution < -0.4 is 22.5 Å². The van der Waals surface area contributed by atoms with Crippen molar-refractivity contribution in [1.82, 2.24) is 4.57 Å². The number of nitrogens with zero attached hydrogens (tertiary/aromatic N) is 1. The third kappa shape index (κ3) is 5.90. The van der Waals surface area contributed by atoms with Crippen molar-refractivity contribution in [2.24, 2.45) is 22.6 Å². The molecule has 3 aliphatic rings. The lowest BCUT2D eigenvalue weighted by atomic mass is 9.88. The number of nitrogens with two attached hydrogens (primary N) is 3. The van der Waals surface area contributed by atoms with Gasteiger partial charge < -0.3 is 27.3 Å². The van der Waals surface area contributed by atoms with Gasteiger partial charge in [-0.05, 0) is 106 Å². The van der Waals surface area contributed by atoms with Gasteiger partial charge in [0, 0.05) is 34.8 Å². The number of anilines is 1. The van der Waals surface area contributed by atoms with Crippen LogP contribution in [0.3, 0.4) is 0 Å². The van der Waals surface area contributed by atoms with E-state index in [1.165, 1.54) is 12.1 Å². The number of aromatic nitrogens is 1. The number of amides is 1. The van der Waals surface area contributed by atoms with Crippen LogP contribution in [0.15, 0.2) is 36.4 Å². The Morgan fingerprint density at radius 1 is 1.07 bits per heavy atom. The summed E-state index contributed by atoms with van der Waals surface area (Å²) in [6, 6.07) is 9.49. The number of unbranched alkanes of at least 4 members (excludes halogenated alkanes) is 1. The Balaban J connectivity index is 1.23. The zero-order valence-corrected chi connectivity index (χ0v) is 24.4. The molecule has 3 aromatic rings. The molecule has 1 atom stereocenters. The molecular formula is C33H40FN5O4. The van der Waals surface area contributed by atoms with Gasteiger partial charge in [-0.25, -0.2) is 4.39 Å². The monoisotopic (exact) mass is 589 g/mol. The fourth-order valence-electron chi connectivity index (χ4n) is 6.89. The Kier molecular flexibility index (Phi) is 8.00. The largest absolute Gasteiger partial charge is 0.461 e. The first-order valence-corrected chi connectivity index (χ1v) is 15.4. The smallest absolute Gasteiger partial charge is 0.323 e. The number of esters is 1. The Hall–Kier alpha value is -3.76. The predicted molar refractivity (Wildman–Crippen MR) is 163 cm³/mol. The van der Waals surface area contributed by atoms with Gasteiger partial charge in [-0.1, -0.05) is 12.5 Å². The van der Waals surface area contributed by atoms with Crippen LogP contribution in [0.4, 0.5) is 10.1 Å².